The zero-order valence-corrected chi connectivity index (χ0v) is 77.7. The van der Waals surface area contributed by atoms with Crippen LogP contribution in [0.2, 0.25) is 0 Å². The van der Waals surface area contributed by atoms with E-state index >= 15 is 0 Å². The number of aliphatic hydroxyl groups excluding tert-OH is 2. The molecule has 5 saturated heterocycles. The first-order valence-corrected chi connectivity index (χ1v) is 44.2. The van der Waals surface area contributed by atoms with Crippen LogP contribution in [0.4, 0.5) is 0 Å². The third-order valence-electron chi connectivity index (χ3n) is 20.9. The van der Waals surface area contributed by atoms with Crippen LogP contribution in [-0.4, -0.2) is 200 Å². The fraction of sp³-hybridized carbons (Fsp3) is 0.500. The monoisotopic (exact) mass is 1710 g/mol. The maximum Gasteiger partial charge on any atom is 1.00 e. The van der Waals surface area contributed by atoms with Crippen molar-refractivity contribution in [1.29, 1.82) is 0 Å². The predicted molar refractivity (Wildman–Crippen MR) is 484 cm³/mol. The number of hydrogen-bond donors (Lipinski definition) is 4. The summed E-state index contributed by atoms with van der Waals surface area (Å²) in [6.45, 7) is 30.9. The van der Waals surface area contributed by atoms with E-state index in [9.17, 15) is 57.9 Å². The molecule has 0 bridgehead atoms. The molecule has 0 unspecified atom stereocenters. The van der Waals surface area contributed by atoms with Crippen molar-refractivity contribution in [3.63, 3.8) is 0 Å². The van der Waals surface area contributed by atoms with Gasteiger partial charge in [0.25, 0.3) is 0 Å². The summed E-state index contributed by atoms with van der Waals surface area (Å²) >= 11 is 0. The second-order valence-corrected chi connectivity index (χ2v) is 33.6. The quantitative estimate of drug-likeness (QED) is 0.0103. The van der Waals surface area contributed by atoms with Crippen LogP contribution in [0.3, 0.4) is 0 Å². The summed E-state index contributed by atoms with van der Waals surface area (Å²) in [7, 11) is -3.12. The molecule has 0 saturated carbocycles. The van der Waals surface area contributed by atoms with Crippen molar-refractivity contribution in [2.75, 3.05) is 58.7 Å². The van der Waals surface area contributed by atoms with Gasteiger partial charge < -0.3 is 64.9 Å². The van der Waals surface area contributed by atoms with E-state index in [0.29, 0.717) is 89.2 Å². The van der Waals surface area contributed by atoms with Crippen LogP contribution in [0.15, 0.2) is 170 Å². The van der Waals surface area contributed by atoms with Crippen molar-refractivity contribution >= 4 is 61.0 Å². The number of benzene rings is 6. The van der Waals surface area contributed by atoms with Gasteiger partial charge in [0.15, 0.2) is 5.78 Å². The first kappa shape index (κ1) is 112. The molecule has 0 spiro atoms. The molecule has 7 atom stereocenters. The summed E-state index contributed by atoms with van der Waals surface area (Å²) in [6.07, 6.45) is 21.4. The second-order valence-electron chi connectivity index (χ2n) is 31.5. The van der Waals surface area contributed by atoms with E-state index in [0.717, 1.165) is 101 Å². The summed E-state index contributed by atoms with van der Waals surface area (Å²) in [6, 6.07) is 50.3. The minimum atomic E-state index is -3.12. The Bertz CT molecular complexity index is 4150. The average Bonchev–Trinajstić information content (AvgIpc) is 1.71. The molecule has 0 aliphatic carbocycles. The number of aliphatic carboxylic acids is 1. The van der Waals surface area contributed by atoms with E-state index in [1.165, 1.54) is 80.8 Å². The van der Waals surface area contributed by atoms with E-state index in [2.05, 4.69) is 139 Å². The number of carboxylic acid groups (broad SMARTS) is 1. The van der Waals surface area contributed by atoms with E-state index in [1.54, 1.807) is 32.9 Å². The standard InChI is InChI=1S/C17H23NO2.C17H21NO2.C14H17NO3.C14H19NO2.C14H19NO.C9H10O.C7H15O4P.C5H13N.CH4.Na.H2O/c2*1-13-3-6-15(7-4-13)11-12-18-16(8-5-14(2)19)9-10-17(18)20;1-10-2-4-11(5-3-10)8-9-15-12(14(17)18)6-7-13(15)16;1-11-2-4-12(5-3-11)8-9-15-13(10-16)6-7-14(15)17;1-11-3-6-13(7-4-11)9-10-15-12(2)5-8-14(15)16;1-8-2-4-9(5-3-8)6-7-10;1-4-10-12(9,11-5-2)6-7(3)8;1-3-4-5(2)6;;;/h3-8,14,16,19H,9-12H2,1-2H3;3-8,16H,9-12H2,1-2H3;2-5,12H,6-9H2,1H3,(H,17,18);2-5,13,16H,6-10H2,1H3;3-4,6-7,12H,5,8-10H2,1-2H3;2-5,7H,6H2,1H3;4-6H2,1-3H3;5H,3-4,6H2,1-2H3;1H4;;1H2/q;;;;;;;;;+1;/p-1/b2*8-5+;;;;;;;;;/t14-,16-;16-;12-;13-;12-;;;5-;;;/m00110..1.../s1. The first-order chi connectivity index (χ1) is 56.7. The van der Waals surface area contributed by atoms with Gasteiger partial charge in [-0.05, 0) is 200 Å². The van der Waals surface area contributed by atoms with E-state index in [4.69, 9.17) is 19.9 Å². The number of likely N-dealkylation sites (tertiary alicyclic amines) is 5. The molecule has 6 N–H and O–H groups in total. The normalized spacial score (nSPS) is 17.5. The number of aliphatic hydroxyl groups is 2. The van der Waals surface area contributed by atoms with Crippen molar-refractivity contribution in [3.8, 4) is 0 Å². The van der Waals surface area contributed by atoms with Crippen LogP contribution in [-0.2, 0) is 95.3 Å². The van der Waals surface area contributed by atoms with Crippen molar-refractivity contribution in [2.24, 2.45) is 5.73 Å². The maximum atomic E-state index is 11.9. The summed E-state index contributed by atoms with van der Waals surface area (Å²) in [5.41, 5.74) is 20.1. The van der Waals surface area contributed by atoms with Crippen molar-refractivity contribution < 1.29 is 107 Å². The van der Waals surface area contributed by atoms with Crippen LogP contribution in [0.5, 0.6) is 0 Å². The number of aryl methyl sites for hydroxylation is 6. The minimum Gasteiger partial charge on any atom is -0.870 e. The molecule has 22 nitrogen and oxygen atoms in total. The van der Waals surface area contributed by atoms with Crippen molar-refractivity contribution in [3.05, 3.63) is 237 Å². The number of allylic oxidation sites excluding steroid dienone is 1. The van der Waals surface area contributed by atoms with Gasteiger partial charge in [0.2, 0.25) is 29.5 Å². The van der Waals surface area contributed by atoms with Gasteiger partial charge in [0, 0.05) is 83.3 Å². The van der Waals surface area contributed by atoms with Gasteiger partial charge in [-0.25, -0.2) is 4.79 Å². The van der Waals surface area contributed by atoms with Gasteiger partial charge in [-0.3, -0.25) is 38.1 Å². The molecular formula is C98H142N6NaO16P. The topological polar surface area (TPSA) is 322 Å². The number of nitrogens with two attached hydrogens (primary N) is 1. The molecule has 5 aliphatic heterocycles. The van der Waals surface area contributed by atoms with Gasteiger partial charge in [0.1, 0.15) is 24.3 Å². The number of ketones is 2. The average molecular weight is 1710 g/mol. The fourth-order valence-corrected chi connectivity index (χ4v) is 15.5. The van der Waals surface area contributed by atoms with Gasteiger partial charge in [-0.2, -0.15) is 0 Å². The van der Waals surface area contributed by atoms with Crippen LogP contribution in [0.25, 0.3) is 0 Å². The molecule has 11 rings (SSSR count). The zero-order valence-electron chi connectivity index (χ0n) is 74.8. The molecule has 0 aromatic heterocycles. The van der Waals surface area contributed by atoms with Crippen LogP contribution in [0, 0.1) is 41.5 Å². The molecule has 0 radical (unpaired) electrons. The molecule has 666 valence electrons. The summed E-state index contributed by atoms with van der Waals surface area (Å²) in [5, 5.41) is 27.5. The van der Waals surface area contributed by atoms with Gasteiger partial charge in [-0.1, -0.05) is 218 Å². The fourth-order valence-electron chi connectivity index (χ4n) is 13.9. The Labute approximate surface area is 751 Å². The van der Waals surface area contributed by atoms with E-state index in [-0.39, 0.29) is 109 Å². The number of carbonyl (C=O) groups excluding carboxylic acids is 8. The number of carboxylic acids is 1. The second kappa shape index (κ2) is 61.0. The number of carbonyl (C=O) groups is 9. The summed E-state index contributed by atoms with van der Waals surface area (Å²) in [5.74, 6) is -0.189. The molecule has 122 heavy (non-hydrogen) atoms. The Balaban J connectivity index is 0.000000707. The predicted octanol–water partition coefficient (Wildman–Crippen LogP) is 13.0. The molecule has 5 heterocycles. The van der Waals surface area contributed by atoms with Crippen LogP contribution in [0.1, 0.15) is 207 Å². The van der Waals surface area contributed by atoms with E-state index in [1.807, 2.05) is 101 Å². The molecule has 6 aromatic rings. The Morgan fingerprint density at radius 1 is 0.500 bits per heavy atom. The van der Waals surface area contributed by atoms with Crippen molar-refractivity contribution in [2.45, 2.75) is 262 Å². The summed E-state index contributed by atoms with van der Waals surface area (Å²) in [4.78, 5) is 111. The third kappa shape index (κ3) is 43.8. The van der Waals surface area contributed by atoms with Crippen LogP contribution >= 0.6 is 7.60 Å². The molecular weight excluding hydrogens is 1570 g/mol. The Hall–Kier alpha value is -8.38. The Morgan fingerprint density at radius 2 is 0.820 bits per heavy atom. The number of rotatable bonds is 31. The maximum absolute atomic E-state index is 11.9. The Kier molecular flexibility index (Phi) is 55.8. The molecule has 6 aromatic carbocycles. The van der Waals surface area contributed by atoms with Gasteiger partial charge in [-0.15, -0.1) is 0 Å². The molecule has 5 fully saturated rings. The largest absolute Gasteiger partial charge is 1.00 e. The van der Waals surface area contributed by atoms with E-state index < -0.39 is 25.7 Å². The number of hydrogen-bond acceptors (Lipinski definition) is 16. The summed E-state index contributed by atoms with van der Waals surface area (Å²) < 4.78 is 21.3. The number of Topliss-reactive ketones (excluding diaryl/α,β-unsaturated/α-hetero) is 1. The Morgan fingerprint density at radius 3 is 1.13 bits per heavy atom. The van der Waals surface area contributed by atoms with Crippen molar-refractivity contribution in [1.82, 2.24) is 24.5 Å². The molecule has 24 heteroatoms. The first-order valence-electron chi connectivity index (χ1n) is 42.5. The number of aldehydes is 1. The minimum absolute atomic E-state index is 0. The molecule has 5 amide bonds. The number of nitrogens with zero attached hydrogens (tertiary/aromatic N) is 5. The van der Waals surface area contributed by atoms with Gasteiger partial charge in [0.05, 0.1) is 44.1 Å². The zero-order chi connectivity index (χ0) is 88.0. The van der Waals surface area contributed by atoms with Crippen LogP contribution < -0.4 is 35.3 Å². The van der Waals surface area contributed by atoms with Gasteiger partial charge >= 0.3 is 43.1 Å². The number of amides is 5. The third-order valence-corrected chi connectivity index (χ3v) is 23.0. The smallest absolute Gasteiger partial charge is 0.870 e. The molecule has 5 aliphatic rings. The SMILES string of the molecule is C.CC(=O)/C=C/[C@H]1CCC(=O)N1CCc1ccc(C)cc1.CCC[C@@H](C)N.CCOP(=O)(CC(C)=O)OCC.Cc1ccc(CC=O)cc1.Cc1ccc(CCN2C(=O)CC[C@@H]2/C=C/[C@H](C)O)cc1.Cc1ccc(CCN2C(=O)CC[C@@H]2C(=O)O)cc1.Cc1ccc(CCN2C(=O)CC[C@@H]2C)cc1.Cc1ccc(CCN2C(=O)CC[C@@H]2CO)cc1.[Na+].[OH-].